The molecular weight excluding hydrogens is 228 g/mol. The number of aryl methyl sites for hydroxylation is 2. The van der Waals surface area contributed by atoms with Gasteiger partial charge in [0, 0.05) is 19.1 Å². The largest absolute Gasteiger partial charge is 0.428 e. The summed E-state index contributed by atoms with van der Waals surface area (Å²) in [7, 11) is 0. The highest BCUT2D eigenvalue weighted by molar-refractivity contribution is 5.14. The minimum absolute atomic E-state index is 0.0542. The third kappa shape index (κ3) is 5.05. The molecule has 1 aromatic heterocycles. The molecule has 0 aliphatic heterocycles. The van der Waals surface area contributed by atoms with Gasteiger partial charge in [0.1, 0.15) is 5.76 Å². The van der Waals surface area contributed by atoms with Crippen LogP contribution in [0.25, 0.3) is 0 Å². The molecule has 0 bridgehead atoms. The van der Waals surface area contributed by atoms with Gasteiger partial charge in [-0.15, -0.1) is 0 Å². The molecule has 0 aliphatic rings. The number of hydrogen-bond acceptors (Lipinski definition) is 3. The van der Waals surface area contributed by atoms with Gasteiger partial charge in [-0.3, -0.25) is 0 Å². The molecule has 1 N–H and O–H groups in total. The van der Waals surface area contributed by atoms with Crippen molar-refractivity contribution >= 4 is 0 Å². The Labute approximate surface area is 109 Å². The average Bonchev–Trinajstić information content (AvgIpc) is 2.28. The molecule has 102 valence electrons. The normalized spacial score (nSPS) is 11.8. The summed E-state index contributed by atoms with van der Waals surface area (Å²) >= 11 is 0. The van der Waals surface area contributed by atoms with E-state index in [1.165, 1.54) is 0 Å². The second kappa shape index (κ2) is 6.74. The van der Waals surface area contributed by atoms with E-state index in [-0.39, 0.29) is 17.6 Å². The van der Waals surface area contributed by atoms with Crippen LogP contribution in [0.5, 0.6) is 0 Å². The highest BCUT2D eigenvalue weighted by Gasteiger charge is 2.15. The summed E-state index contributed by atoms with van der Waals surface area (Å²) in [6.45, 7) is 6.36. The molecule has 3 nitrogen and oxygen atoms in total. The van der Waals surface area contributed by atoms with Crippen molar-refractivity contribution in [1.29, 1.82) is 0 Å². The number of aliphatic hydroxyl groups excluding tert-OH is 1. The summed E-state index contributed by atoms with van der Waals surface area (Å²) < 4.78 is 5.19. The maximum absolute atomic E-state index is 11.4. The lowest BCUT2D eigenvalue weighted by atomic mass is 9.88. The SMILES string of the molecule is CCCc1cc(CCCC(C)(C)CO)oc(=O)c1. The summed E-state index contributed by atoms with van der Waals surface area (Å²) in [6.07, 6.45) is 4.55. The molecule has 0 aromatic carbocycles. The van der Waals surface area contributed by atoms with E-state index >= 15 is 0 Å². The third-order valence-corrected chi connectivity index (χ3v) is 3.12. The fourth-order valence-corrected chi connectivity index (χ4v) is 1.96. The average molecular weight is 252 g/mol. The molecule has 1 rings (SSSR count). The number of hydrogen-bond donors (Lipinski definition) is 1. The van der Waals surface area contributed by atoms with E-state index in [0.29, 0.717) is 0 Å². The quantitative estimate of drug-likeness (QED) is 0.811. The second-order valence-corrected chi connectivity index (χ2v) is 5.68. The maximum Gasteiger partial charge on any atom is 0.336 e. The van der Waals surface area contributed by atoms with Crippen LogP contribution in [0.3, 0.4) is 0 Å². The second-order valence-electron chi connectivity index (χ2n) is 5.68. The van der Waals surface area contributed by atoms with Crippen molar-refractivity contribution in [3.8, 4) is 0 Å². The van der Waals surface area contributed by atoms with Gasteiger partial charge in [-0.05, 0) is 36.3 Å². The van der Waals surface area contributed by atoms with E-state index in [1.54, 1.807) is 6.07 Å². The van der Waals surface area contributed by atoms with E-state index in [4.69, 9.17) is 4.42 Å². The van der Waals surface area contributed by atoms with E-state index in [1.807, 2.05) is 19.9 Å². The molecule has 0 unspecified atom stereocenters. The molecular formula is C15H24O3. The van der Waals surface area contributed by atoms with Crippen LogP contribution >= 0.6 is 0 Å². The lowest BCUT2D eigenvalue weighted by Gasteiger charge is -2.20. The van der Waals surface area contributed by atoms with Crippen LogP contribution in [0.4, 0.5) is 0 Å². The van der Waals surface area contributed by atoms with Gasteiger partial charge in [-0.25, -0.2) is 4.79 Å². The number of aliphatic hydroxyl groups is 1. The summed E-state index contributed by atoms with van der Waals surface area (Å²) in [5.74, 6) is 0.764. The van der Waals surface area contributed by atoms with Gasteiger partial charge in [0.25, 0.3) is 0 Å². The van der Waals surface area contributed by atoms with Crippen LogP contribution in [-0.2, 0) is 12.8 Å². The first-order chi connectivity index (χ1) is 8.46. The van der Waals surface area contributed by atoms with Gasteiger partial charge in [0.05, 0.1) is 0 Å². The fraction of sp³-hybridized carbons (Fsp3) is 0.667. The van der Waals surface area contributed by atoms with E-state index in [9.17, 15) is 9.90 Å². The summed E-state index contributed by atoms with van der Waals surface area (Å²) in [5.41, 5.74) is 0.754. The Bertz CT molecular complexity index is 418. The first-order valence-electron chi connectivity index (χ1n) is 6.70. The summed E-state index contributed by atoms with van der Waals surface area (Å²) in [5, 5.41) is 9.18. The van der Waals surface area contributed by atoms with Crippen molar-refractivity contribution in [3.05, 3.63) is 33.9 Å². The van der Waals surface area contributed by atoms with Crippen LogP contribution in [0.15, 0.2) is 21.3 Å². The Morgan fingerprint density at radius 3 is 2.61 bits per heavy atom. The topological polar surface area (TPSA) is 50.4 Å². The fourth-order valence-electron chi connectivity index (χ4n) is 1.96. The lowest BCUT2D eigenvalue weighted by molar-refractivity contribution is 0.147. The molecule has 0 saturated heterocycles. The maximum atomic E-state index is 11.4. The first-order valence-corrected chi connectivity index (χ1v) is 6.70. The molecule has 1 aromatic rings. The molecule has 0 spiro atoms. The predicted molar refractivity (Wildman–Crippen MR) is 72.8 cm³/mol. The Balaban J connectivity index is 2.59. The molecule has 1 heterocycles. The van der Waals surface area contributed by atoms with E-state index in [2.05, 4.69) is 6.92 Å². The molecule has 0 amide bonds. The van der Waals surface area contributed by atoms with E-state index in [0.717, 1.165) is 43.4 Å². The number of rotatable bonds is 7. The zero-order valence-corrected chi connectivity index (χ0v) is 11.7. The molecule has 0 atom stereocenters. The minimum atomic E-state index is -0.252. The molecule has 18 heavy (non-hydrogen) atoms. The van der Waals surface area contributed by atoms with Gasteiger partial charge in [-0.1, -0.05) is 27.2 Å². The van der Waals surface area contributed by atoms with Crippen molar-refractivity contribution in [1.82, 2.24) is 0 Å². The van der Waals surface area contributed by atoms with Crippen LogP contribution in [0.1, 0.15) is 51.4 Å². The van der Waals surface area contributed by atoms with Crippen molar-refractivity contribution in [2.45, 2.75) is 52.9 Å². The summed E-state index contributed by atoms with van der Waals surface area (Å²) in [6, 6.07) is 3.56. The smallest absolute Gasteiger partial charge is 0.336 e. The Morgan fingerprint density at radius 2 is 2.00 bits per heavy atom. The standard InChI is InChI=1S/C15H24O3/c1-4-6-12-9-13(18-14(17)10-12)7-5-8-15(2,3)11-16/h9-10,16H,4-8,11H2,1-3H3. The lowest BCUT2D eigenvalue weighted by Crippen LogP contribution is -2.16. The van der Waals surface area contributed by atoms with Gasteiger partial charge in [0.15, 0.2) is 0 Å². The highest BCUT2D eigenvalue weighted by Crippen LogP contribution is 2.22. The Morgan fingerprint density at radius 1 is 1.28 bits per heavy atom. The Kier molecular flexibility index (Phi) is 5.60. The van der Waals surface area contributed by atoms with Gasteiger partial charge in [0.2, 0.25) is 0 Å². The first kappa shape index (κ1) is 15.0. The zero-order valence-electron chi connectivity index (χ0n) is 11.7. The molecule has 0 aliphatic carbocycles. The van der Waals surface area contributed by atoms with Crippen LogP contribution < -0.4 is 5.63 Å². The molecule has 0 radical (unpaired) electrons. The van der Waals surface area contributed by atoms with Crippen molar-refractivity contribution in [2.24, 2.45) is 5.41 Å². The van der Waals surface area contributed by atoms with Crippen LogP contribution in [0.2, 0.25) is 0 Å². The highest BCUT2D eigenvalue weighted by atomic mass is 16.4. The predicted octanol–water partition coefficient (Wildman–Crippen LogP) is 2.93. The van der Waals surface area contributed by atoms with Crippen LogP contribution in [-0.4, -0.2) is 11.7 Å². The summed E-state index contributed by atoms with van der Waals surface area (Å²) in [4.78, 5) is 11.4. The van der Waals surface area contributed by atoms with Crippen molar-refractivity contribution in [2.75, 3.05) is 6.61 Å². The zero-order chi connectivity index (χ0) is 13.6. The minimum Gasteiger partial charge on any atom is -0.428 e. The molecule has 0 saturated carbocycles. The molecule has 3 heteroatoms. The van der Waals surface area contributed by atoms with Gasteiger partial charge in [-0.2, -0.15) is 0 Å². The molecule has 0 fully saturated rings. The Hall–Kier alpha value is -1.09. The van der Waals surface area contributed by atoms with E-state index < -0.39 is 0 Å². The third-order valence-electron chi connectivity index (χ3n) is 3.12. The monoisotopic (exact) mass is 252 g/mol. The van der Waals surface area contributed by atoms with Crippen LogP contribution in [0, 0.1) is 5.41 Å². The van der Waals surface area contributed by atoms with Crippen molar-refractivity contribution in [3.63, 3.8) is 0 Å². The van der Waals surface area contributed by atoms with Crippen molar-refractivity contribution < 1.29 is 9.52 Å². The van der Waals surface area contributed by atoms with Gasteiger partial charge < -0.3 is 9.52 Å². The van der Waals surface area contributed by atoms with Gasteiger partial charge >= 0.3 is 5.63 Å².